The van der Waals surface area contributed by atoms with Crippen LogP contribution in [0.25, 0.3) is 0 Å². The van der Waals surface area contributed by atoms with Gasteiger partial charge in [-0.25, -0.2) is 0 Å². The van der Waals surface area contributed by atoms with Gasteiger partial charge in [0.2, 0.25) is 5.91 Å². The first-order valence-corrected chi connectivity index (χ1v) is 5.86. The summed E-state index contributed by atoms with van der Waals surface area (Å²) in [7, 11) is 0. The molecule has 1 aromatic heterocycles. The molecule has 1 aliphatic rings. The lowest BCUT2D eigenvalue weighted by atomic mass is 9.85. The van der Waals surface area contributed by atoms with Gasteiger partial charge in [-0.2, -0.15) is 0 Å². The van der Waals surface area contributed by atoms with E-state index in [-0.39, 0.29) is 11.8 Å². The molecule has 1 fully saturated rings. The Bertz CT molecular complexity index is 333. The van der Waals surface area contributed by atoms with Crippen molar-refractivity contribution in [2.45, 2.75) is 33.1 Å². The lowest BCUT2D eigenvalue weighted by molar-refractivity contribution is -0.122. The van der Waals surface area contributed by atoms with Gasteiger partial charge in [-0.05, 0) is 38.3 Å². The topological polar surface area (TPSA) is 29.1 Å². The molecule has 14 heavy (non-hydrogen) atoms. The molecule has 0 radical (unpaired) electrons. The number of aryl methyl sites for hydroxylation is 2. The van der Waals surface area contributed by atoms with Crippen LogP contribution in [0.15, 0.2) is 6.07 Å². The van der Waals surface area contributed by atoms with E-state index in [2.05, 4.69) is 25.2 Å². The van der Waals surface area contributed by atoms with E-state index in [1.165, 1.54) is 16.9 Å². The van der Waals surface area contributed by atoms with Crippen LogP contribution >= 0.6 is 11.3 Å². The largest absolute Gasteiger partial charge is 0.317 e. The number of anilines is 1. The van der Waals surface area contributed by atoms with Crippen LogP contribution in [-0.4, -0.2) is 5.91 Å². The first-order chi connectivity index (χ1) is 6.66. The van der Waals surface area contributed by atoms with Gasteiger partial charge in [0.05, 0.1) is 5.00 Å². The zero-order valence-electron chi connectivity index (χ0n) is 8.59. The maximum absolute atomic E-state index is 11.6. The molecule has 1 amide bonds. The molecule has 0 aliphatic heterocycles. The minimum absolute atomic E-state index is 0.206. The summed E-state index contributed by atoms with van der Waals surface area (Å²) in [6, 6.07) is 2.05. The van der Waals surface area contributed by atoms with Crippen LogP contribution in [0.3, 0.4) is 0 Å². The van der Waals surface area contributed by atoms with Crippen LogP contribution in [0.1, 0.15) is 29.7 Å². The Morgan fingerprint density at radius 1 is 1.50 bits per heavy atom. The van der Waals surface area contributed by atoms with Crippen molar-refractivity contribution in [2.24, 2.45) is 5.92 Å². The number of nitrogens with one attached hydrogen (secondary N) is 1. The van der Waals surface area contributed by atoms with Crippen molar-refractivity contribution in [1.82, 2.24) is 0 Å². The summed E-state index contributed by atoms with van der Waals surface area (Å²) >= 11 is 1.66. The third kappa shape index (κ3) is 1.82. The van der Waals surface area contributed by atoms with Gasteiger partial charge in [-0.15, -0.1) is 11.3 Å². The predicted molar refractivity (Wildman–Crippen MR) is 59.8 cm³/mol. The van der Waals surface area contributed by atoms with Crippen molar-refractivity contribution >= 4 is 22.2 Å². The van der Waals surface area contributed by atoms with Crippen molar-refractivity contribution in [3.63, 3.8) is 0 Å². The average Bonchev–Trinajstić information content (AvgIpc) is 2.26. The third-order valence-electron chi connectivity index (χ3n) is 2.89. The van der Waals surface area contributed by atoms with E-state index in [4.69, 9.17) is 0 Å². The van der Waals surface area contributed by atoms with Gasteiger partial charge >= 0.3 is 0 Å². The minimum atomic E-state index is 0.206. The fraction of sp³-hybridized carbons (Fsp3) is 0.545. The minimum Gasteiger partial charge on any atom is -0.317 e. The van der Waals surface area contributed by atoms with Crippen LogP contribution in [0, 0.1) is 19.8 Å². The monoisotopic (exact) mass is 209 g/mol. The van der Waals surface area contributed by atoms with Gasteiger partial charge in [0, 0.05) is 10.8 Å². The summed E-state index contributed by atoms with van der Waals surface area (Å²) in [6.45, 7) is 4.16. The maximum Gasteiger partial charge on any atom is 0.228 e. The molecule has 0 bridgehead atoms. The molecule has 1 aromatic rings. The molecule has 0 aromatic carbocycles. The highest BCUT2D eigenvalue weighted by molar-refractivity contribution is 7.16. The van der Waals surface area contributed by atoms with Gasteiger partial charge < -0.3 is 5.32 Å². The number of thiophene rings is 1. The number of hydrogen-bond donors (Lipinski definition) is 1. The standard InChI is InChI=1S/C11H15NOS/c1-7-6-10(14-8(7)2)12-11(13)9-4-3-5-9/h6,9H,3-5H2,1-2H3,(H,12,13). The Morgan fingerprint density at radius 3 is 2.64 bits per heavy atom. The molecule has 0 atom stereocenters. The molecule has 2 nitrogen and oxygen atoms in total. The van der Waals surface area contributed by atoms with Gasteiger partial charge in [-0.1, -0.05) is 6.42 Å². The summed E-state index contributed by atoms with van der Waals surface area (Å²) in [4.78, 5) is 12.9. The van der Waals surface area contributed by atoms with E-state index in [1.54, 1.807) is 11.3 Å². The molecular formula is C11H15NOS. The number of carbonyl (C=O) groups is 1. The molecular weight excluding hydrogens is 194 g/mol. The third-order valence-corrected chi connectivity index (χ3v) is 3.96. The number of hydrogen-bond acceptors (Lipinski definition) is 2. The maximum atomic E-state index is 11.6. The molecule has 1 saturated carbocycles. The number of amides is 1. The summed E-state index contributed by atoms with van der Waals surface area (Å²) in [5.74, 6) is 0.482. The highest BCUT2D eigenvalue weighted by atomic mass is 32.1. The predicted octanol–water partition coefficient (Wildman–Crippen LogP) is 3.10. The number of rotatable bonds is 2. The average molecular weight is 209 g/mol. The molecule has 1 aliphatic carbocycles. The normalized spacial score (nSPS) is 16.4. The first kappa shape index (κ1) is 9.71. The summed E-state index contributed by atoms with van der Waals surface area (Å²) < 4.78 is 0. The molecule has 0 spiro atoms. The second-order valence-corrected chi connectivity index (χ2v) is 5.22. The van der Waals surface area contributed by atoms with Crippen LogP contribution in [-0.2, 0) is 4.79 Å². The van der Waals surface area contributed by atoms with Crippen molar-refractivity contribution in [3.05, 3.63) is 16.5 Å². The highest BCUT2D eigenvalue weighted by Crippen LogP contribution is 2.30. The van der Waals surface area contributed by atoms with E-state index < -0.39 is 0 Å². The Morgan fingerprint density at radius 2 is 2.21 bits per heavy atom. The smallest absolute Gasteiger partial charge is 0.228 e. The van der Waals surface area contributed by atoms with Crippen LogP contribution in [0.5, 0.6) is 0 Å². The summed E-state index contributed by atoms with van der Waals surface area (Å²) in [5.41, 5.74) is 1.26. The molecule has 76 valence electrons. The van der Waals surface area contributed by atoms with E-state index >= 15 is 0 Å². The SMILES string of the molecule is Cc1cc(NC(=O)C2CCC2)sc1C. The zero-order valence-corrected chi connectivity index (χ0v) is 9.41. The zero-order chi connectivity index (χ0) is 10.1. The van der Waals surface area contributed by atoms with Crippen LogP contribution < -0.4 is 5.32 Å². The van der Waals surface area contributed by atoms with Gasteiger partial charge in [0.1, 0.15) is 0 Å². The Balaban J connectivity index is 1.99. The van der Waals surface area contributed by atoms with Crippen LogP contribution in [0.4, 0.5) is 5.00 Å². The van der Waals surface area contributed by atoms with E-state index in [1.807, 2.05) is 0 Å². The van der Waals surface area contributed by atoms with E-state index in [0.717, 1.165) is 17.8 Å². The van der Waals surface area contributed by atoms with Gasteiger partial charge in [-0.3, -0.25) is 4.79 Å². The Hall–Kier alpha value is -0.830. The van der Waals surface area contributed by atoms with E-state index in [9.17, 15) is 4.79 Å². The molecule has 2 rings (SSSR count). The van der Waals surface area contributed by atoms with Crippen molar-refractivity contribution in [2.75, 3.05) is 5.32 Å². The molecule has 1 N–H and O–H groups in total. The quantitative estimate of drug-likeness (QED) is 0.796. The van der Waals surface area contributed by atoms with Crippen molar-refractivity contribution < 1.29 is 4.79 Å². The van der Waals surface area contributed by atoms with Crippen molar-refractivity contribution in [3.8, 4) is 0 Å². The molecule has 0 saturated heterocycles. The second kappa shape index (κ2) is 3.73. The van der Waals surface area contributed by atoms with Crippen LogP contribution in [0.2, 0.25) is 0 Å². The lowest BCUT2D eigenvalue weighted by Crippen LogP contribution is -2.27. The summed E-state index contributed by atoms with van der Waals surface area (Å²) in [6.07, 6.45) is 3.34. The highest BCUT2D eigenvalue weighted by Gasteiger charge is 2.25. The Labute approximate surface area is 88.3 Å². The lowest BCUT2D eigenvalue weighted by Gasteiger charge is -2.23. The fourth-order valence-electron chi connectivity index (χ4n) is 1.53. The van der Waals surface area contributed by atoms with Gasteiger partial charge in [0.15, 0.2) is 0 Å². The number of carbonyl (C=O) groups excluding carboxylic acids is 1. The molecule has 3 heteroatoms. The fourth-order valence-corrected chi connectivity index (χ4v) is 2.47. The molecule has 1 heterocycles. The summed E-state index contributed by atoms with van der Waals surface area (Å²) in [5, 5.41) is 3.98. The van der Waals surface area contributed by atoms with E-state index in [0.29, 0.717) is 0 Å². The second-order valence-electron chi connectivity index (χ2n) is 3.97. The van der Waals surface area contributed by atoms with Gasteiger partial charge in [0.25, 0.3) is 0 Å². The van der Waals surface area contributed by atoms with Crippen molar-refractivity contribution in [1.29, 1.82) is 0 Å². The Kier molecular flexibility index (Phi) is 2.59. The molecule has 0 unspecified atom stereocenters. The first-order valence-electron chi connectivity index (χ1n) is 5.04.